The Kier molecular flexibility index (Phi) is 4.13. The van der Waals surface area contributed by atoms with Gasteiger partial charge in [-0.15, -0.1) is 0 Å². The van der Waals surface area contributed by atoms with E-state index in [1.165, 1.54) is 0 Å². The number of aromatic nitrogens is 2. The number of rotatable bonds is 3. The molecule has 1 rings (SSSR count). The van der Waals surface area contributed by atoms with Crippen LogP contribution in [0.15, 0.2) is 6.20 Å². The summed E-state index contributed by atoms with van der Waals surface area (Å²) in [6.45, 7) is 16.1. The first-order valence-corrected chi connectivity index (χ1v) is 6.83. The molecule has 0 aliphatic carbocycles. The number of carbonyl (C=O) groups is 1. The van der Waals surface area contributed by atoms with Crippen LogP contribution in [0.5, 0.6) is 0 Å². The zero-order chi connectivity index (χ0) is 15.0. The van der Waals surface area contributed by atoms with Crippen molar-refractivity contribution in [2.24, 2.45) is 5.41 Å². The summed E-state index contributed by atoms with van der Waals surface area (Å²) in [5.41, 5.74) is -0.491. The summed E-state index contributed by atoms with van der Waals surface area (Å²) in [6, 6.07) is 0.212. The van der Waals surface area contributed by atoms with Crippen molar-refractivity contribution in [2.75, 3.05) is 5.32 Å². The molecule has 0 spiro atoms. The maximum atomic E-state index is 12.5. The first-order chi connectivity index (χ1) is 8.42. The van der Waals surface area contributed by atoms with Crippen LogP contribution in [0.25, 0.3) is 0 Å². The average Bonchev–Trinajstić information content (AvgIpc) is 2.56. The highest BCUT2D eigenvalue weighted by Gasteiger charge is 2.29. The number of hydrogen-bond acceptors (Lipinski definition) is 3. The van der Waals surface area contributed by atoms with Crippen molar-refractivity contribution in [3.8, 4) is 0 Å². The van der Waals surface area contributed by atoms with Crippen molar-refractivity contribution >= 4 is 11.6 Å². The van der Waals surface area contributed by atoms with Gasteiger partial charge in [0.2, 0.25) is 5.78 Å². The van der Waals surface area contributed by atoms with Gasteiger partial charge in [-0.3, -0.25) is 4.79 Å². The van der Waals surface area contributed by atoms with Gasteiger partial charge in [-0.2, -0.15) is 0 Å². The molecular formula is C15H27N3O. The monoisotopic (exact) mass is 265 g/mol. The number of nitrogens with one attached hydrogen (secondary N) is 1. The fourth-order valence-electron chi connectivity index (χ4n) is 1.74. The SMILES string of the molecule is CC(C)n1cc(NC(C)(C)C)nc1C(=O)C(C)(C)C. The highest BCUT2D eigenvalue weighted by atomic mass is 16.1. The summed E-state index contributed by atoms with van der Waals surface area (Å²) in [4.78, 5) is 16.9. The summed E-state index contributed by atoms with van der Waals surface area (Å²) < 4.78 is 1.95. The van der Waals surface area contributed by atoms with E-state index in [2.05, 4.69) is 44.9 Å². The largest absolute Gasteiger partial charge is 0.364 e. The van der Waals surface area contributed by atoms with Crippen LogP contribution in [0.4, 0.5) is 5.82 Å². The minimum Gasteiger partial charge on any atom is -0.364 e. The molecule has 0 bridgehead atoms. The smallest absolute Gasteiger partial charge is 0.203 e. The number of nitrogens with zero attached hydrogens (tertiary/aromatic N) is 2. The van der Waals surface area contributed by atoms with Crippen molar-refractivity contribution in [1.82, 2.24) is 9.55 Å². The van der Waals surface area contributed by atoms with Crippen LogP contribution in [-0.4, -0.2) is 20.9 Å². The molecule has 0 aromatic carbocycles. The number of hydrogen-bond donors (Lipinski definition) is 1. The molecule has 1 aromatic heterocycles. The Morgan fingerprint density at radius 1 is 1.21 bits per heavy atom. The number of Topliss-reactive ketones (excluding diaryl/α,β-unsaturated/α-hetero) is 1. The van der Waals surface area contributed by atoms with Gasteiger partial charge < -0.3 is 9.88 Å². The minimum absolute atomic E-state index is 0.0712. The first-order valence-electron chi connectivity index (χ1n) is 6.83. The quantitative estimate of drug-likeness (QED) is 0.843. The number of carbonyl (C=O) groups excluding carboxylic acids is 1. The Bertz CT molecular complexity index is 459. The lowest BCUT2D eigenvalue weighted by atomic mass is 9.90. The second-order valence-corrected chi connectivity index (χ2v) is 7.40. The Labute approximate surface area is 116 Å². The molecular weight excluding hydrogens is 238 g/mol. The molecule has 0 atom stereocenters. The molecule has 0 saturated carbocycles. The van der Waals surface area contributed by atoms with Gasteiger partial charge in [-0.05, 0) is 34.6 Å². The Morgan fingerprint density at radius 3 is 2.11 bits per heavy atom. The van der Waals surface area contributed by atoms with E-state index < -0.39 is 5.41 Å². The summed E-state index contributed by atoms with van der Waals surface area (Å²) in [6.07, 6.45) is 1.93. The van der Waals surface area contributed by atoms with Crippen molar-refractivity contribution in [2.45, 2.75) is 67.0 Å². The van der Waals surface area contributed by atoms with Crippen molar-refractivity contribution in [3.05, 3.63) is 12.0 Å². The number of imidazole rings is 1. The average molecular weight is 265 g/mol. The highest BCUT2D eigenvalue weighted by Crippen LogP contribution is 2.25. The van der Waals surface area contributed by atoms with Crippen molar-refractivity contribution in [3.63, 3.8) is 0 Å². The Hall–Kier alpha value is -1.32. The van der Waals surface area contributed by atoms with E-state index in [0.29, 0.717) is 5.82 Å². The summed E-state index contributed by atoms with van der Waals surface area (Å²) >= 11 is 0. The molecule has 4 heteroatoms. The summed E-state index contributed by atoms with van der Waals surface area (Å²) in [7, 11) is 0. The molecule has 4 nitrogen and oxygen atoms in total. The van der Waals surface area contributed by atoms with Crippen LogP contribution < -0.4 is 5.32 Å². The van der Waals surface area contributed by atoms with Crippen molar-refractivity contribution in [1.29, 1.82) is 0 Å². The van der Waals surface area contributed by atoms with E-state index in [4.69, 9.17) is 0 Å². The lowest BCUT2D eigenvalue weighted by Gasteiger charge is -2.19. The molecule has 19 heavy (non-hydrogen) atoms. The molecule has 0 radical (unpaired) electrons. The molecule has 1 heterocycles. The van der Waals surface area contributed by atoms with Gasteiger partial charge in [0, 0.05) is 23.2 Å². The highest BCUT2D eigenvalue weighted by molar-refractivity contribution is 5.97. The van der Waals surface area contributed by atoms with E-state index in [9.17, 15) is 4.79 Å². The molecule has 1 N–H and O–H groups in total. The second kappa shape index (κ2) is 4.99. The van der Waals surface area contributed by atoms with Gasteiger partial charge in [0.05, 0.1) is 0 Å². The van der Waals surface area contributed by atoms with E-state index in [0.717, 1.165) is 5.82 Å². The Balaban J connectivity index is 3.20. The third-order valence-corrected chi connectivity index (χ3v) is 2.68. The molecule has 0 fully saturated rings. The maximum absolute atomic E-state index is 12.5. The van der Waals surface area contributed by atoms with Crippen LogP contribution in [-0.2, 0) is 0 Å². The van der Waals surface area contributed by atoms with E-state index >= 15 is 0 Å². The summed E-state index contributed by atoms with van der Waals surface area (Å²) in [5.74, 6) is 1.37. The second-order valence-electron chi connectivity index (χ2n) is 7.40. The Morgan fingerprint density at radius 2 is 1.74 bits per heavy atom. The van der Waals surface area contributed by atoms with Crippen LogP contribution in [0, 0.1) is 5.41 Å². The molecule has 0 aliphatic rings. The molecule has 0 saturated heterocycles. The predicted molar refractivity (Wildman–Crippen MR) is 79.8 cm³/mol. The lowest BCUT2D eigenvalue weighted by molar-refractivity contribution is 0.0840. The fraction of sp³-hybridized carbons (Fsp3) is 0.733. The van der Waals surface area contributed by atoms with Gasteiger partial charge in [0.1, 0.15) is 5.82 Å². The van der Waals surface area contributed by atoms with Gasteiger partial charge >= 0.3 is 0 Å². The molecule has 1 aromatic rings. The topological polar surface area (TPSA) is 46.9 Å². The maximum Gasteiger partial charge on any atom is 0.203 e. The number of ketones is 1. The first kappa shape index (κ1) is 15.7. The zero-order valence-corrected chi connectivity index (χ0v) is 13.5. The molecule has 108 valence electrons. The fourth-order valence-corrected chi connectivity index (χ4v) is 1.74. The third-order valence-electron chi connectivity index (χ3n) is 2.68. The minimum atomic E-state index is -0.420. The van der Waals surface area contributed by atoms with Gasteiger partial charge in [0.25, 0.3) is 0 Å². The van der Waals surface area contributed by atoms with Crippen LogP contribution in [0.3, 0.4) is 0 Å². The lowest BCUT2D eigenvalue weighted by Crippen LogP contribution is -2.26. The van der Waals surface area contributed by atoms with Crippen LogP contribution >= 0.6 is 0 Å². The van der Waals surface area contributed by atoms with Gasteiger partial charge in [-0.1, -0.05) is 20.8 Å². The summed E-state index contributed by atoms with van der Waals surface area (Å²) in [5, 5.41) is 3.32. The standard InChI is InChI=1S/C15H27N3O/c1-10(2)18-9-11(17-15(6,7)8)16-13(18)12(19)14(3,4)5/h9-10,17H,1-8H3. The normalized spacial score (nSPS) is 12.9. The molecule has 0 amide bonds. The van der Waals surface area contributed by atoms with E-state index in [1.807, 2.05) is 31.5 Å². The van der Waals surface area contributed by atoms with E-state index in [1.54, 1.807) is 0 Å². The van der Waals surface area contributed by atoms with Crippen molar-refractivity contribution < 1.29 is 4.79 Å². The van der Waals surface area contributed by atoms with Crippen LogP contribution in [0.2, 0.25) is 0 Å². The third kappa shape index (κ3) is 4.08. The predicted octanol–water partition coefficient (Wildman–Crippen LogP) is 3.90. The molecule has 0 aliphatic heterocycles. The number of anilines is 1. The van der Waals surface area contributed by atoms with Crippen LogP contribution in [0.1, 0.15) is 72.1 Å². The van der Waals surface area contributed by atoms with E-state index in [-0.39, 0.29) is 17.4 Å². The van der Waals surface area contributed by atoms with Gasteiger partial charge in [-0.25, -0.2) is 4.98 Å². The zero-order valence-electron chi connectivity index (χ0n) is 13.5. The van der Waals surface area contributed by atoms with Gasteiger partial charge in [0.15, 0.2) is 5.82 Å². The molecule has 0 unspecified atom stereocenters.